The Balaban J connectivity index is 1.52. The first-order chi connectivity index (χ1) is 16.3. The molecule has 0 fully saturated rings. The molecule has 3 aromatic rings. The Morgan fingerprint density at radius 3 is 2.74 bits per heavy atom. The third kappa shape index (κ3) is 5.20. The van der Waals surface area contributed by atoms with Crippen LogP contribution in [0.5, 0.6) is 5.75 Å². The molecule has 0 aliphatic carbocycles. The molecule has 7 nitrogen and oxygen atoms in total. The van der Waals surface area contributed by atoms with Crippen LogP contribution in [0.3, 0.4) is 0 Å². The molecule has 0 atom stereocenters. The zero-order valence-corrected chi connectivity index (χ0v) is 19.8. The van der Waals surface area contributed by atoms with Gasteiger partial charge in [-0.2, -0.15) is 0 Å². The molecule has 2 aromatic carbocycles. The number of nitrogens with one attached hydrogen (secondary N) is 2. The largest absolute Gasteiger partial charge is 0.508 e. The van der Waals surface area contributed by atoms with Crippen LogP contribution in [0.15, 0.2) is 48.7 Å². The fourth-order valence-corrected chi connectivity index (χ4v) is 4.12. The highest BCUT2D eigenvalue weighted by Crippen LogP contribution is 2.35. The highest BCUT2D eigenvalue weighted by atomic mass is 16.3. The molecule has 0 spiro atoms. The molecule has 1 amide bonds. The summed E-state index contributed by atoms with van der Waals surface area (Å²) in [5, 5.41) is 16.5. The first-order valence-corrected chi connectivity index (χ1v) is 11.5. The van der Waals surface area contributed by atoms with Gasteiger partial charge in [-0.3, -0.25) is 9.59 Å². The number of aromatic hydroxyl groups is 1. The molecule has 0 saturated carbocycles. The van der Waals surface area contributed by atoms with Gasteiger partial charge in [-0.25, -0.2) is 4.98 Å². The Morgan fingerprint density at radius 2 is 1.94 bits per heavy atom. The van der Waals surface area contributed by atoms with Crippen molar-refractivity contribution in [2.24, 2.45) is 0 Å². The molecule has 1 aromatic heterocycles. The average Bonchev–Trinajstić information content (AvgIpc) is 2.94. The summed E-state index contributed by atoms with van der Waals surface area (Å²) in [6.07, 6.45) is 5.09. The number of carbonyl (C=O) groups is 2. The number of Topliss-reactive ketones (excluding diaryl/α,β-unsaturated/α-hetero) is 1. The lowest BCUT2D eigenvalue weighted by Gasteiger charge is -2.15. The molecule has 0 saturated heterocycles. The van der Waals surface area contributed by atoms with Gasteiger partial charge in [0.15, 0.2) is 5.78 Å². The quantitative estimate of drug-likeness (QED) is 0.425. The molecular weight excluding hydrogens is 428 g/mol. The highest BCUT2D eigenvalue weighted by molar-refractivity contribution is 6.09. The van der Waals surface area contributed by atoms with E-state index >= 15 is 0 Å². The molecule has 2 heterocycles. The lowest BCUT2D eigenvalue weighted by atomic mass is 9.99. The van der Waals surface area contributed by atoms with E-state index in [1.54, 1.807) is 43.4 Å². The molecule has 0 bridgehead atoms. The van der Waals surface area contributed by atoms with E-state index in [2.05, 4.69) is 27.8 Å². The fourth-order valence-electron chi connectivity index (χ4n) is 4.12. The number of carbonyl (C=O) groups excluding carboxylic acids is 2. The minimum Gasteiger partial charge on any atom is -0.508 e. The van der Waals surface area contributed by atoms with Crippen LogP contribution in [0, 0.1) is 6.92 Å². The molecule has 3 N–H and O–H groups in total. The van der Waals surface area contributed by atoms with Crippen molar-refractivity contribution in [3.05, 3.63) is 70.9 Å². The SMILES string of the molecule is Cc1ccc(O)cc1Nc1ccnc2c1C(=O)Cc1cc(CCCCC(=O)N(C)C)ccc1N2. The second-order valence-corrected chi connectivity index (χ2v) is 8.92. The maximum Gasteiger partial charge on any atom is 0.222 e. The van der Waals surface area contributed by atoms with Gasteiger partial charge in [0, 0.05) is 50.6 Å². The van der Waals surface area contributed by atoms with Crippen molar-refractivity contribution in [1.29, 1.82) is 0 Å². The van der Waals surface area contributed by atoms with Gasteiger partial charge in [-0.1, -0.05) is 18.2 Å². The van der Waals surface area contributed by atoms with E-state index in [0.29, 0.717) is 23.5 Å². The van der Waals surface area contributed by atoms with Crippen molar-refractivity contribution in [2.45, 2.75) is 39.0 Å². The Bertz CT molecular complexity index is 1240. The minimum atomic E-state index is -0.0246. The van der Waals surface area contributed by atoms with Crippen LogP contribution < -0.4 is 10.6 Å². The minimum absolute atomic E-state index is 0.0246. The number of aryl methyl sites for hydroxylation is 2. The van der Waals surface area contributed by atoms with Crippen LogP contribution in [0.2, 0.25) is 0 Å². The van der Waals surface area contributed by atoms with Crippen LogP contribution in [-0.4, -0.2) is 40.8 Å². The summed E-state index contributed by atoms with van der Waals surface area (Å²) >= 11 is 0. The Labute approximate surface area is 199 Å². The van der Waals surface area contributed by atoms with E-state index < -0.39 is 0 Å². The number of ketones is 1. The second kappa shape index (κ2) is 9.95. The van der Waals surface area contributed by atoms with Crippen molar-refractivity contribution >= 4 is 34.6 Å². The highest BCUT2D eigenvalue weighted by Gasteiger charge is 2.24. The van der Waals surface area contributed by atoms with Crippen molar-refractivity contribution in [1.82, 2.24) is 9.88 Å². The van der Waals surface area contributed by atoms with Gasteiger partial charge >= 0.3 is 0 Å². The number of benzene rings is 2. The smallest absolute Gasteiger partial charge is 0.222 e. The van der Waals surface area contributed by atoms with E-state index in [4.69, 9.17) is 0 Å². The van der Waals surface area contributed by atoms with Gasteiger partial charge in [-0.05, 0) is 61.1 Å². The van der Waals surface area contributed by atoms with Gasteiger partial charge in [0.05, 0.1) is 11.3 Å². The monoisotopic (exact) mass is 458 g/mol. The number of amides is 1. The maximum absolute atomic E-state index is 13.3. The van der Waals surface area contributed by atoms with Crippen LogP contribution in [0.1, 0.15) is 46.3 Å². The number of fused-ring (bicyclic) bond motifs is 2. The Morgan fingerprint density at radius 1 is 1.12 bits per heavy atom. The predicted octanol–water partition coefficient (Wildman–Crippen LogP) is 5.12. The molecule has 7 heteroatoms. The van der Waals surface area contributed by atoms with Crippen LogP contribution in [0.4, 0.5) is 22.9 Å². The molecule has 1 aliphatic rings. The van der Waals surface area contributed by atoms with Crippen molar-refractivity contribution in [3.8, 4) is 5.75 Å². The van der Waals surface area contributed by atoms with Crippen LogP contribution >= 0.6 is 0 Å². The van der Waals surface area contributed by atoms with Crippen molar-refractivity contribution in [2.75, 3.05) is 24.7 Å². The molecule has 4 rings (SSSR count). The van der Waals surface area contributed by atoms with Crippen LogP contribution in [0.25, 0.3) is 0 Å². The maximum atomic E-state index is 13.3. The summed E-state index contributed by atoms with van der Waals surface area (Å²) in [5.41, 5.74) is 5.80. The average molecular weight is 459 g/mol. The van der Waals surface area contributed by atoms with Gasteiger partial charge in [0.1, 0.15) is 11.6 Å². The number of aromatic nitrogens is 1. The van der Waals surface area contributed by atoms with Gasteiger partial charge in [0.25, 0.3) is 0 Å². The summed E-state index contributed by atoms with van der Waals surface area (Å²) in [6, 6.07) is 13.0. The fraction of sp³-hybridized carbons (Fsp3) is 0.296. The number of pyridine rings is 1. The van der Waals surface area contributed by atoms with E-state index in [9.17, 15) is 14.7 Å². The number of unbranched alkanes of at least 4 members (excludes halogenated alkanes) is 1. The molecule has 0 unspecified atom stereocenters. The second-order valence-electron chi connectivity index (χ2n) is 8.92. The van der Waals surface area contributed by atoms with E-state index in [0.717, 1.165) is 47.3 Å². The molecule has 34 heavy (non-hydrogen) atoms. The van der Waals surface area contributed by atoms with Crippen molar-refractivity contribution < 1.29 is 14.7 Å². The zero-order chi connectivity index (χ0) is 24.2. The summed E-state index contributed by atoms with van der Waals surface area (Å²) in [4.78, 5) is 31.1. The number of phenolic OH excluding ortho intramolecular Hbond substituents is 1. The number of nitrogens with zero attached hydrogens (tertiary/aromatic N) is 2. The van der Waals surface area contributed by atoms with Gasteiger partial charge in [-0.15, -0.1) is 0 Å². The number of rotatable bonds is 7. The van der Waals surface area contributed by atoms with E-state index in [1.165, 1.54) is 0 Å². The Hall–Kier alpha value is -3.87. The molecular formula is C27H30N4O3. The first-order valence-electron chi connectivity index (χ1n) is 11.5. The topological polar surface area (TPSA) is 94.6 Å². The van der Waals surface area contributed by atoms with Crippen LogP contribution in [-0.2, 0) is 17.6 Å². The lowest BCUT2D eigenvalue weighted by Crippen LogP contribution is -2.21. The van der Waals surface area contributed by atoms with Gasteiger partial charge in [0.2, 0.25) is 5.91 Å². The normalized spacial score (nSPS) is 12.3. The number of hydrogen-bond donors (Lipinski definition) is 3. The molecule has 0 radical (unpaired) electrons. The predicted molar refractivity (Wildman–Crippen MR) is 134 cm³/mol. The lowest BCUT2D eigenvalue weighted by molar-refractivity contribution is -0.128. The summed E-state index contributed by atoms with van der Waals surface area (Å²) < 4.78 is 0. The van der Waals surface area contributed by atoms with E-state index in [-0.39, 0.29) is 23.9 Å². The third-order valence-corrected chi connectivity index (χ3v) is 6.10. The first kappa shape index (κ1) is 23.3. The number of hydrogen-bond acceptors (Lipinski definition) is 6. The standard InChI is InChI=1S/C27H30N4O3/c1-17-8-10-20(32)16-23(17)29-22-12-13-28-27-26(22)24(33)15-19-14-18(9-11-21(19)30-27)6-4-5-7-25(34)31(2)3/h8-14,16,32H,4-7,15H2,1-3H3,(H2,28,29,30). The Kier molecular flexibility index (Phi) is 6.82. The third-order valence-electron chi connectivity index (χ3n) is 6.10. The number of anilines is 4. The molecule has 1 aliphatic heterocycles. The number of phenols is 1. The summed E-state index contributed by atoms with van der Waals surface area (Å²) in [6.45, 7) is 1.94. The molecule has 176 valence electrons. The summed E-state index contributed by atoms with van der Waals surface area (Å²) in [5.74, 6) is 0.793. The van der Waals surface area contributed by atoms with Crippen molar-refractivity contribution in [3.63, 3.8) is 0 Å². The van der Waals surface area contributed by atoms with E-state index in [1.807, 2.05) is 19.1 Å². The van der Waals surface area contributed by atoms with Gasteiger partial charge < -0.3 is 20.6 Å². The zero-order valence-electron chi connectivity index (χ0n) is 19.8. The summed E-state index contributed by atoms with van der Waals surface area (Å²) in [7, 11) is 3.55.